The standard InChI is InChI=1S/C26H38N4O5/c1-33-22-9-7-20(25(34-2)26(22)35-3)8-10-23(31)29-13-11-27(12-14-29)19-24(32)30-17-15-28(16-18-30)21-5-4-6-21/h7-10,21H,4-6,11-19H2,1-3H3. The van der Waals surface area contributed by atoms with E-state index in [2.05, 4.69) is 9.80 Å². The minimum Gasteiger partial charge on any atom is -0.493 e. The van der Waals surface area contributed by atoms with Gasteiger partial charge in [0.1, 0.15) is 0 Å². The van der Waals surface area contributed by atoms with Crippen molar-refractivity contribution in [3.05, 3.63) is 23.8 Å². The minimum absolute atomic E-state index is 0.0556. The number of hydrogen-bond acceptors (Lipinski definition) is 7. The van der Waals surface area contributed by atoms with E-state index in [9.17, 15) is 9.59 Å². The van der Waals surface area contributed by atoms with Crippen molar-refractivity contribution in [2.75, 3.05) is 80.2 Å². The van der Waals surface area contributed by atoms with Crippen molar-refractivity contribution in [3.8, 4) is 17.2 Å². The largest absolute Gasteiger partial charge is 0.493 e. The lowest BCUT2D eigenvalue weighted by Crippen LogP contribution is -2.56. The summed E-state index contributed by atoms with van der Waals surface area (Å²) in [6, 6.07) is 4.37. The molecule has 2 heterocycles. The number of piperazine rings is 2. The van der Waals surface area contributed by atoms with Crippen LogP contribution in [0, 0.1) is 0 Å². The molecule has 1 saturated carbocycles. The van der Waals surface area contributed by atoms with Crippen LogP contribution in [0.25, 0.3) is 6.08 Å². The fourth-order valence-electron chi connectivity index (χ4n) is 5.03. The van der Waals surface area contributed by atoms with Crippen molar-refractivity contribution < 1.29 is 23.8 Å². The number of carbonyl (C=O) groups is 2. The third-order valence-corrected chi connectivity index (χ3v) is 7.44. The maximum absolute atomic E-state index is 12.8. The highest BCUT2D eigenvalue weighted by Gasteiger charge is 2.30. The third kappa shape index (κ3) is 5.90. The summed E-state index contributed by atoms with van der Waals surface area (Å²) in [5.74, 6) is 1.73. The number of benzene rings is 1. The predicted octanol–water partition coefficient (Wildman–Crippen LogP) is 1.57. The van der Waals surface area contributed by atoms with Gasteiger partial charge in [0.15, 0.2) is 11.5 Å². The van der Waals surface area contributed by atoms with Gasteiger partial charge in [-0.1, -0.05) is 6.42 Å². The molecule has 9 heteroatoms. The topological polar surface area (TPSA) is 74.8 Å². The van der Waals surface area contributed by atoms with Gasteiger partial charge in [0.2, 0.25) is 17.6 Å². The average Bonchev–Trinajstić information content (AvgIpc) is 2.86. The molecule has 192 valence electrons. The Bertz CT molecular complexity index is 917. The Hall–Kier alpha value is -2.78. The summed E-state index contributed by atoms with van der Waals surface area (Å²) in [6.07, 6.45) is 7.27. The molecule has 4 rings (SSSR count). The average molecular weight is 487 g/mol. The zero-order chi connectivity index (χ0) is 24.8. The Morgan fingerprint density at radius 3 is 2.09 bits per heavy atom. The first-order valence-electron chi connectivity index (χ1n) is 12.5. The summed E-state index contributed by atoms with van der Waals surface area (Å²) in [5, 5.41) is 0. The van der Waals surface area contributed by atoms with Gasteiger partial charge in [0, 0.05) is 70.0 Å². The summed E-state index contributed by atoms with van der Waals surface area (Å²) in [6.45, 7) is 6.70. The molecule has 3 fully saturated rings. The van der Waals surface area contributed by atoms with E-state index in [1.54, 1.807) is 39.5 Å². The first-order valence-corrected chi connectivity index (χ1v) is 12.5. The molecule has 3 aliphatic rings. The van der Waals surface area contributed by atoms with Gasteiger partial charge < -0.3 is 24.0 Å². The van der Waals surface area contributed by atoms with E-state index < -0.39 is 0 Å². The van der Waals surface area contributed by atoms with Crippen LogP contribution in [0.15, 0.2) is 18.2 Å². The molecule has 9 nitrogen and oxygen atoms in total. The molecule has 0 aromatic heterocycles. The van der Waals surface area contributed by atoms with Crippen LogP contribution < -0.4 is 14.2 Å². The fourth-order valence-corrected chi connectivity index (χ4v) is 5.03. The van der Waals surface area contributed by atoms with Crippen LogP contribution in [0.4, 0.5) is 0 Å². The normalized spacial score (nSPS) is 20.1. The second-order valence-corrected chi connectivity index (χ2v) is 9.36. The molecule has 0 unspecified atom stereocenters. The molecule has 1 aromatic rings. The first kappa shape index (κ1) is 25.3. The van der Waals surface area contributed by atoms with E-state index in [0.29, 0.717) is 50.0 Å². The van der Waals surface area contributed by atoms with E-state index in [1.165, 1.54) is 19.3 Å². The smallest absolute Gasteiger partial charge is 0.246 e. The fraction of sp³-hybridized carbons (Fsp3) is 0.615. The molecule has 0 N–H and O–H groups in total. The summed E-state index contributed by atoms with van der Waals surface area (Å²) in [5.41, 5.74) is 0.736. The summed E-state index contributed by atoms with van der Waals surface area (Å²) >= 11 is 0. The second kappa shape index (κ2) is 11.8. The summed E-state index contributed by atoms with van der Waals surface area (Å²) in [7, 11) is 4.68. The molecule has 2 aliphatic heterocycles. The van der Waals surface area contributed by atoms with Crippen LogP contribution in [0.2, 0.25) is 0 Å². The van der Waals surface area contributed by atoms with E-state index >= 15 is 0 Å². The van der Waals surface area contributed by atoms with Crippen LogP contribution >= 0.6 is 0 Å². The van der Waals surface area contributed by atoms with Crippen molar-refractivity contribution >= 4 is 17.9 Å². The van der Waals surface area contributed by atoms with Crippen molar-refractivity contribution in [3.63, 3.8) is 0 Å². The van der Waals surface area contributed by atoms with Gasteiger partial charge in [-0.3, -0.25) is 19.4 Å². The zero-order valence-electron chi connectivity index (χ0n) is 21.2. The number of amides is 2. The highest BCUT2D eigenvalue weighted by atomic mass is 16.5. The molecular formula is C26H38N4O5. The summed E-state index contributed by atoms with van der Waals surface area (Å²) in [4.78, 5) is 34.1. The second-order valence-electron chi connectivity index (χ2n) is 9.36. The first-order chi connectivity index (χ1) is 17.0. The number of nitrogens with zero attached hydrogens (tertiary/aromatic N) is 4. The van der Waals surface area contributed by atoms with Crippen LogP contribution in [-0.2, 0) is 9.59 Å². The van der Waals surface area contributed by atoms with Gasteiger partial charge in [0.05, 0.1) is 27.9 Å². The molecule has 2 amide bonds. The Morgan fingerprint density at radius 1 is 0.857 bits per heavy atom. The maximum Gasteiger partial charge on any atom is 0.246 e. The maximum atomic E-state index is 12.8. The lowest BCUT2D eigenvalue weighted by molar-refractivity contribution is -0.135. The van der Waals surface area contributed by atoms with Gasteiger partial charge in [-0.2, -0.15) is 0 Å². The van der Waals surface area contributed by atoms with Crippen molar-refractivity contribution in [1.29, 1.82) is 0 Å². The van der Waals surface area contributed by atoms with E-state index in [0.717, 1.165) is 37.8 Å². The van der Waals surface area contributed by atoms with Gasteiger partial charge in [-0.15, -0.1) is 0 Å². The van der Waals surface area contributed by atoms with Crippen molar-refractivity contribution in [1.82, 2.24) is 19.6 Å². The molecule has 0 radical (unpaired) electrons. The Balaban J connectivity index is 1.24. The van der Waals surface area contributed by atoms with E-state index in [4.69, 9.17) is 14.2 Å². The highest BCUT2D eigenvalue weighted by molar-refractivity contribution is 5.92. The highest BCUT2D eigenvalue weighted by Crippen LogP contribution is 2.40. The number of carbonyl (C=O) groups excluding carboxylic acids is 2. The van der Waals surface area contributed by atoms with E-state index in [1.807, 2.05) is 15.9 Å². The summed E-state index contributed by atoms with van der Waals surface area (Å²) < 4.78 is 16.2. The van der Waals surface area contributed by atoms with Crippen molar-refractivity contribution in [2.24, 2.45) is 0 Å². The molecule has 0 bridgehead atoms. The zero-order valence-corrected chi connectivity index (χ0v) is 21.2. The minimum atomic E-state index is -0.0556. The lowest BCUT2D eigenvalue weighted by Gasteiger charge is -2.43. The molecule has 1 aromatic carbocycles. The van der Waals surface area contributed by atoms with Crippen molar-refractivity contribution in [2.45, 2.75) is 25.3 Å². The van der Waals surface area contributed by atoms with E-state index in [-0.39, 0.29) is 11.8 Å². The van der Waals surface area contributed by atoms with Crippen LogP contribution in [-0.4, -0.2) is 118 Å². The van der Waals surface area contributed by atoms with Crippen LogP contribution in [0.3, 0.4) is 0 Å². The van der Waals surface area contributed by atoms with Gasteiger partial charge in [0.25, 0.3) is 0 Å². The molecule has 1 aliphatic carbocycles. The Morgan fingerprint density at radius 2 is 1.51 bits per heavy atom. The quantitative estimate of drug-likeness (QED) is 0.517. The number of hydrogen-bond donors (Lipinski definition) is 0. The lowest BCUT2D eigenvalue weighted by atomic mass is 9.91. The van der Waals surface area contributed by atoms with Gasteiger partial charge in [-0.25, -0.2) is 0 Å². The molecule has 2 saturated heterocycles. The SMILES string of the molecule is COc1ccc(C=CC(=O)N2CCN(CC(=O)N3CCN(C4CCC4)CC3)CC2)c(OC)c1OC. The molecule has 0 atom stereocenters. The predicted molar refractivity (Wildman–Crippen MR) is 134 cm³/mol. The Labute approximate surface area is 208 Å². The monoisotopic (exact) mass is 486 g/mol. The van der Waals surface area contributed by atoms with Gasteiger partial charge in [-0.05, 0) is 31.1 Å². The third-order valence-electron chi connectivity index (χ3n) is 7.44. The number of rotatable bonds is 8. The Kier molecular flexibility index (Phi) is 8.51. The molecular weight excluding hydrogens is 448 g/mol. The molecule has 35 heavy (non-hydrogen) atoms. The van der Waals surface area contributed by atoms with Gasteiger partial charge >= 0.3 is 0 Å². The molecule has 0 spiro atoms. The van der Waals surface area contributed by atoms with Crippen LogP contribution in [0.5, 0.6) is 17.2 Å². The van der Waals surface area contributed by atoms with Crippen LogP contribution in [0.1, 0.15) is 24.8 Å². The number of ether oxygens (including phenoxy) is 3. The number of methoxy groups -OCH3 is 3.